The highest BCUT2D eigenvalue weighted by Gasteiger charge is 2.32. The van der Waals surface area contributed by atoms with Crippen molar-refractivity contribution in [3.63, 3.8) is 0 Å². The van der Waals surface area contributed by atoms with Gasteiger partial charge < -0.3 is 30.0 Å². The van der Waals surface area contributed by atoms with E-state index in [1.165, 1.54) is 0 Å². The van der Waals surface area contributed by atoms with Gasteiger partial charge in [-0.1, -0.05) is 71.6 Å². The lowest BCUT2D eigenvalue weighted by atomic mass is 10.0. The van der Waals surface area contributed by atoms with E-state index in [0.717, 1.165) is 31.6 Å². The highest BCUT2D eigenvalue weighted by molar-refractivity contribution is 8.01. The van der Waals surface area contributed by atoms with Crippen LogP contribution in [0, 0.1) is 6.92 Å². The van der Waals surface area contributed by atoms with Gasteiger partial charge in [0.1, 0.15) is 11.6 Å². The Morgan fingerprint density at radius 3 is 2.44 bits per heavy atom. The number of urea groups is 1. The summed E-state index contributed by atoms with van der Waals surface area (Å²) in [5.41, 5.74) is 3.62. The molecule has 3 unspecified atom stereocenters. The lowest BCUT2D eigenvalue weighted by molar-refractivity contribution is -0.245. The summed E-state index contributed by atoms with van der Waals surface area (Å²) in [5.74, 6) is 0.227. The molecule has 2 amide bonds. The average molecular weight is 573 g/mol. The normalized spacial score (nSPS) is 18.9. The third-order valence-corrected chi connectivity index (χ3v) is 8.02. The number of amides is 2. The Hall–Kier alpha value is -3.03. The van der Waals surface area contributed by atoms with Crippen LogP contribution in [0.3, 0.4) is 0 Å². The maximum atomic E-state index is 12.0. The number of benzene rings is 2. The van der Waals surface area contributed by atoms with Crippen LogP contribution in [0.5, 0.6) is 0 Å². The van der Waals surface area contributed by atoms with Gasteiger partial charge in [-0.2, -0.15) is 0 Å². The Kier molecular flexibility index (Phi) is 10.7. The highest BCUT2D eigenvalue weighted by Crippen LogP contribution is 2.39. The van der Waals surface area contributed by atoms with Gasteiger partial charge in [0.15, 0.2) is 10.6 Å². The molecule has 1 fully saturated rings. The number of aryl methyl sites for hydroxylation is 1. The third kappa shape index (κ3) is 8.73. The highest BCUT2D eigenvalue weighted by atomic mass is 32.2. The van der Waals surface area contributed by atoms with Gasteiger partial charge in [-0.25, -0.2) is 4.79 Å². The van der Waals surface area contributed by atoms with Crippen LogP contribution in [0.25, 0.3) is 0 Å². The van der Waals surface area contributed by atoms with Gasteiger partial charge in [-0.3, -0.25) is 4.79 Å². The minimum Gasteiger partial charge on any atom is -0.465 e. The Morgan fingerprint density at radius 1 is 1.05 bits per heavy atom. The molecule has 0 aliphatic carbocycles. The van der Waals surface area contributed by atoms with E-state index in [0.29, 0.717) is 18.7 Å². The monoisotopic (exact) mass is 572 g/mol. The van der Waals surface area contributed by atoms with Gasteiger partial charge in [-0.05, 0) is 30.5 Å². The summed E-state index contributed by atoms with van der Waals surface area (Å²) in [7, 11) is 0. The first-order valence-corrected chi connectivity index (χ1v) is 14.4. The second-order valence-electron chi connectivity index (χ2n) is 8.83. The smallest absolute Gasteiger partial charge is 0.325 e. The Bertz CT molecular complexity index is 1220. The van der Waals surface area contributed by atoms with Crippen LogP contribution in [-0.4, -0.2) is 52.3 Å². The standard InChI is InChI=1S/C27H32N4O6S2/c1-3-35-24(33)14-29-26(34)28-13-18-4-10-21(11-5-18)25-36-22(16-38-27-31-30-17(2)39-27)12-23(37-25)20-8-6-19(15-32)7-9-20/h4-11,22-23,25,32H,3,12-16H2,1-2H3,(H2,28,29,34). The number of thioether (sulfide) groups is 1. The van der Waals surface area contributed by atoms with E-state index < -0.39 is 18.3 Å². The molecule has 3 atom stereocenters. The first kappa shape index (κ1) is 29.0. The molecular weight excluding hydrogens is 540 g/mol. The van der Waals surface area contributed by atoms with Gasteiger partial charge in [-0.15, -0.1) is 10.2 Å². The predicted molar refractivity (Wildman–Crippen MR) is 147 cm³/mol. The van der Waals surface area contributed by atoms with Crippen molar-refractivity contribution in [1.82, 2.24) is 20.8 Å². The zero-order chi connectivity index (χ0) is 27.6. The maximum Gasteiger partial charge on any atom is 0.325 e. The van der Waals surface area contributed by atoms with E-state index in [2.05, 4.69) is 20.8 Å². The average Bonchev–Trinajstić information content (AvgIpc) is 3.39. The summed E-state index contributed by atoms with van der Waals surface area (Å²) in [5, 5.41) is 23.8. The largest absolute Gasteiger partial charge is 0.465 e. The van der Waals surface area contributed by atoms with Crippen molar-refractivity contribution in [2.45, 2.75) is 56.3 Å². The fraction of sp³-hybridized carbons (Fsp3) is 0.407. The van der Waals surface area contributed by atoms with Crippen LogP contribution in [0.4, 0.5) is 4.79 Å². The first-order chi connectivity index (χ1) is 18.9. The zero-order valence-corrected chi connectivity index (χ0v) is 23.4. The minimum absolute atomic E-state index is 0.00761. The Labute approximate surface area is 235 Å². The van der Waals surface area contributed by atoms with Crippen molar-refractivity contribution in [2.24, 2.45) is 0 Å². The maximum absolute atomic E-state index is 12.0. The van der Waals surface area contributed by atoms with Crippen molar-refractivity contribution in [3.05, 3.63) is 75.8 Å². The summed E-state index contributed by atoms with van der Waals surface area (Å²) >= 11 is 3.19. The topological polar surface area (TPSA) is 132 Å². The molecule has 3 aromatic rings. The Balaban J connectivity index is 1.39. The molecular formula is C27H32N4O6S2. The summed E-state index contributed by atoms with van der Waals surface area (Å²) in [6.07, 6.45) is -0.145. The fourth-order valence-electron chi connectivity index (χ4n) is 3.93. The molecule has 1 aliphatic rings. The fourth-order valence-corrected chi connectivity index (χ4v) is 5.78. The number of carbonyl (C=O) groups excluding carboxylic acids is 2. The van der Waals surface area contributed by atoms with Crippen molar-refractivity contribution >= 4 is 35.1 Å². The van der Waals surface area contributed by atoms with E-state index >= 15 is 0 Å². The van der Waals surface area contributed by atoms with Crippen molar-refractivity contribution in [2.75, 3.05) is 18.9 Å². The molecule has 0 bridgehead atoms. The third-order valence-electron chi connectivity index (χ3n) is 5.92. The molecule has 0 spiro atoms. The van der Waals surface area contributed by atoms with Gasteiger partial charge in [0.05, 0.1) is 25.4 Å². The van der Waals surface area contributed by atoms with E-state index in [9.17, 15) is 14.7 Å². The number of nitrogens with zero attached hydrogens (tertiary/aromatic N) is 2. The van der Waals surface area contributed by atoms with Crippen molar-refractivity contribution < 1.29 is 28.9 Å². The molecule has 2 aromatic carbocycles. The number of rotatable bonds is 11. The Morgan fingerprint density at radius 2 is 1.77 bits per heavy atom. The van der Waals surface area contributed by atoms with E-state index in [-0.39, 0.29) is 32.0 Å². The molecule has 2 heterocycles. The molecule has 12 heteroatoms. The van der Waals surface area contributed by atoms with Crippen LogP contribution in [0.1, 0.15) is 53.0 Å². The van der Waals surface area contributed by atoms with Crippen LogP contribution < -0.4 is 10.6 Å². The molecule has 3 N–H and O–H groups in total. The van der Waals surface area contributed by atoms with Gasteiger partial charge in [0.2, 0.25) is 0 Å². The number of nitrogens with one attached hydrogen (secondary N) is 2. The molecule has 0 radical (unpaired) electrons. The quantitative estimate of drug-likeness (QED) is 0.230. The number of esters is 1. The number of aliphatic hydroxyl groups is 1. The number of carbonyl (C=O) groups is 2. The molecule has 0 saturated carbocycles. The van der Waals surface area contributed by atoms with Gasteiger partial charge >= 0.3 is 12.0 Å². The summed E-state index contributed by atoms with van der Waals surface area (Å²) < 4.78 is 18.5. The first-order valence-electron chi connectivity index (χ1n) is 12.6. The lowest BCUT2D eigenvalue weighted by Gasteiger charge is -2.36. The molecule has 4 rings (SSSR count). The number of aromatic nitrogens is 2. The lowest BCUT2D eigenvalue weighted by Crippen LogP contribution is -2.38. The number of aliphatic hydroxyl groups excluding tert-OH is 1. The summed E-state index contributed by atoms with van der Waals surface area (Å²) in [4.78, 5) is 23.3. The van der Waals surface area contributed by atoms with Crippen molar-refractivity contribution in [3.8, 4) is 0 Å². The zero-order valence-electron chi connectivity index (χ0n) is 21.8. The summed E-state index contributed by atoms with van der Waals surface area (Å²) in [6, 6.07) is 15.0. The second-order valence-corrected chi connectivity index (χ2v) is 11.3. The van der Waals surface area contributed by atoms with E-state index in [1.807, 2.05) is 55.5 Å². The number of ether oxygens (including phenoxy) is 3. The van der Waals surface area contributed by atoms with E-state index in [1.54, 1.807) is 30.0 Å². The molecule has 39 heavy (non-hydrogen) atoms. The molecule has 1 aromatic heterocycles. The van der Waals surface area contributed by atoms with Crippen LogP contribution in [0.2, 0.25) is 0 Å². The van der Waals surface area contributed by atoms with Crippen molar-refractivity contribution in [1.29, 1.82) is 0 Å². The SMILES string of the molecule is CCOC(=O)CNC(=O)NCc1ccc(C2OC(CSc3nnc(C)s3)CC(c3ccc(CO)cc3)O2)cc1. The van der Waals surface area contributed by atoms with Crippen LogP contribution in [-0.2, 0) is 32.2 Å². The van der Waals surface area contributed by atoms with Crippen LogP contribution in [0.15, 0.2) is 52.9 Å². The molecule has 10 nitrogen and oxygen atoms in total. The van der Waals surface area contributed by atoms with E-state index in [4.69, 9.17) is 14.2 Å². The number of hydrogen-bond donors (Lipinski definition) is 3. The summed E-state index contributed by atoms with van der Waals surface area (Å²) in [6.45, 7) is 4.01. The molecule has 1 saturated heterocycles. The second kappa shape index (κ2) is 14.4. The van der Waals surface area contributed by atoms with Gasteiger partial charge in [0.25, 0.3) is 0 Å². The molecule has 208 valence electrons. The van der Waals surface area contributed by atoms with Gasteiger partial charge in [0, 0.05) is 24.3 Å². The minimum atomic E-state index is -0.571. The van der Waals surface area contributed by atoms with Crippen LogP contribution >= 0.6 is 23.1 Å². The number of hydrogen-bond acceptors (Lipinski definition) is 10. The molecule has 1 aliphatic heterocycles. The predicted octanol–water partition coefficient (Wildman–Crippen LogP) is 4.04.